The Labute approximate surface area is 261 Å². The second-order valence-electron chi connectivity index (χ2n) is 14.2. The van der Waals surface area contributed by atoms with Crippen LogP contribution in [0.2, 0.25) is 0 Å². The zero-order chi connectivity index (χ0) is 31.1. The van der Waals surface area contributed by atoms with Crippen LogP contribution in [-0.4, -0.2) is 75.0 Å². The molecule has 8 nitrogen and oxygen atoms in total. The smallest absolute Gasteiger partial charge is 0.319 e. The molecule has 4 saturated heterocycles. The van der Waals surface area contributed by atoms with Gasteiger partial charge in [-0.3, -0.25) is 9.88 Å². The van der Waals surface area contributed by atoms with Crippen LogP contribution in [0.25, 0.3) is 32.9 Å². The van der Waals surface area contributed by atoms with Crippen molar-refractivity contribution in [2.45, 2.75) is 57.9 Å². The van der Waals surface area contributed by atoms with E-state index < -0.39 is 5.82 Å². The van der Waals surface area contributed by atoms with Crippen LogP contribution in [-0.2, 0) is 6.42 Å². The lowest BCUT2D eigenvalue weighted by Gasteiger charge is -2.56. The summed E-state index contributed by atoms with van der Waals surface area (Å²) in [5.41, 5.74) is 0.555. The van der Waals surface area contributed by atoms with Crippen LogP contribution >= 0.6 is 0 Å². The van der Waals surface area contributed by atoms with Gasteiger partial charge in [0.05, 0.1) is 17.5 Å². The number of phenols is 1. The average Bonchev–Trinajstić information content (AvgIpc) is 3.55. The SMILES string of the molecule is CCc1c(F)ccc2cc(O)cc(-c3ncc4c(N5CC6CC(CO)(C6)C5)nc(OC[C@@]56CCCN5C[C@H](C)C6)nc4c3F)c12. The normalized spacial score (nSPS) is 27.7. The summed E-state index contributed by atoms with van der Waals surface area (Å²) in [5.74, 6) is 0.446. The number of fused-ring (bicyclic) bond motifs is 5. The zero-order valence-corrected chi connectivity index (χ0v) is 25.8. The fourth-order valence-electron chi connectivity index (χ4n) is 9.11. The number of ether oxygens (including phenoxy) is 1. The van der Waals surface area contributed by atoms with E-state index in [4.69, 9.17) is 9.72 Å². The number of anilines is 1. The number of halogens is 2. The number of aromatic nitrogens is 3. The second-order valence-corrected chi connectivity index (χ2v) is 14.2. The van der Waals surface area contributed by atoms with E-state index in [0.29, 0.717) is 64.5 Å². The van der Waals surface area contributed by atoms with Gasteiger partial charge in [-0.15, -0.1) is 0 Å². The molecule has 4 aromatic rings. The Morgan fingerprint density at radius 1 is 1.11 bits per heavy atom. The lowest BCUT2D eigenvalue weighted by molar-refractivity contribution is -0.0207. The predicted molar refractivity (Wildman–Crippen MR) is 169 cm³/mol. The van der Waals surface area contributed by atoms with E-state index in [-0.39, 0.29) is 46.3 Å². The highest BCUT2D eigenvalue weighted by Gasteiger charge is 2.50. The summed E-state index contributed by atoms with van der Waals surface area (Å²) in [6.07, 6.45) is 7.13. The van der Waals surface area contributed by atoms with E-state index in [1.165, 1.54) is 12.1 Å². The van der Waals surface area contributed by atoms with Gasteiger partial charge in [-0.25, -0.2) is 8.78 Å². The molecule has 2 N–H and O–H groups in total. The van der Waals surface area contributed by atoms with Gasteiger partial charge < -0.3 is 19.8 Å². The first-order valence-electron chi connectivity index (χ1n) is 16.3. The molecule has 2 bridgehead atoms. The van der Waals surface area contributed by atoms with Crippen molar-refractivity contribution in [2.75, 3.05) is 44.3 Å². The number of hydrogen-bond acceptors (Lipinski definition) is 8. The number of aliphatic hydroxyl groups excluding tert-OH is 1. The minimum Gasteiger partial charge on any atom is -0.508 e. The lowest BCUT2D eigenvalue weighted by Crippen LogP contribution is -2.58. The molecule has 5 fully saturated rings. The number of phenolic OH excluding ortho intramolecular Hbond substituents is 1. The topological polar surface area (TPSA) is 94.8 Å². The Balaban J connectivity index is 1.27. The molecule has 2 aromatic carbocycles. The van der Waals surface area contributed by atoms with Crippen LogP contribution in [0.3, 0.4) is 0 Å². The molecule has 2 atom stereocenters. The first-order valence-corrected chi connectivity index (χ1v) is 16.3. The van der Waals surface area contributed by atoms with Gasteiger partial charge in [0.15, 0.2) is 5.82 Å². The van der Waals surface area contributed by atoms with Gasteiger partial charge in [-0.05, 0) is 91.4 Å². The molecule has 6 heterocycles. The second kappa shape index (κ2) is 10.5. The van der Waals surface area contributed by atoms with E-state index in [2.05, 4.69) is 26.7 Å². The fourth-order valence-corrected chi connectivity index (χ4v) is 9.11. The summed E-state index contributed by atoms with van der Waals surface area (Å²) in [4.78, 5) is 18.7. The molecule has 236 valence electrons. The standard InChI is InChI=1S/C35H39F2N5O3/c1-3-24-27(36)6-5-22-9-23(44)10-25(28(22)24)30-29(37)31-26(14-38-30)32(41-16-21-12-34(13-21,17-41)18-43)40-33(39-31)45-19-35-7-4-8-42(35)15-20(2)11-35/h5-6,9-10,14,20-21,43-44H,3-4,7-8,11-13,15-19H2,1-2H3/t20-,21?,34?,35+/m1/s1. The number of aryl methyl sites for hydroxylation is 1. The van der Waals surface area contributed by atoms with E-state index in [1.807, 2.05) is 6.92 Å². The number of aliphatic hydroxyl groups is 1. The van der Waals surface area contributed by atoms with Crippen LogP contribution < -0.4 is 9.64 Å². The highest BCUT2D eigenvalue weighted by atomic mass is 19.1. The van der Waals surface area contributed by atoms with Crippen molar-refractivity contribution in [3.05, 3.63) is 47.7 Å². The molecular formula is C35H39F2N5O3. The van der Waals surface area contributed by atoms with Gasteiger partial charge in [0.25, 0.3) is 0 Å². The Hall–Kier alpha value is -3.63. The molecule has 0 amide bonds. The zero-order valence-electron chi connectivity index (χ0n) is 25.8. The quantitative estimate of drug-likeness (QED) is 0.267. The predicted octanol–water partition coefficient (Wildman–Crippen LogP) is 5.85. The molecule has 4 aliphatic heterocycles. The summed E-state index contributed by atoms with van der Waals surface area (Å²) >= 11 is 0. The average molecular weight is 616 g/mol. The Morgan fingerprint density at radius 3 is 2.76 bits per heavy atom. The Kier molecular flexibility index (Phi) is 6.69. The van der Waals surface area contributed by atoms with Crippen molar-refractivity contribution in [1.29, 1.82) is 0 Å². The fraction of sp³-hybridized carbons (Fsp3) is 0.514. The lowest BCUT2D eigenvalue weighted by atomic mass is 9.59. The van der Waals surface area contributed by atoms with Crippen LogP contribution in [0, 0.1) is 28.9 Å². The molecule has 2 aromatic heterocycles. The first kappa shape index (κ1) is 28.8. The van der Waals surface area contributed by atoms with Gasteiger partial charge in [-0.2, -0.15) is 9.97 Å². The van der Waals surface area contributed by atoms with Gasteiger partial charge in [-0.1, -0.05) is 19.9 Å². The summed E-state index contributed by atoms with van der Waals surface area (Å²) in [7, 11) is 0. The van der Waals surface area contributed by atoms with Gasteiger partial charge in [0.2, 0.25) is 0 Å². The summed E-state index contributed by atoms with van der Waals surface area (Å²) in [5, 5.41) is 22.4. The van der Waals surface area contributed by atoms with Crippen molar-refractivity contribution in [3.63, 3.8) is 0 Å². The molecule has 1 aliphatic carbocycles. The highest BCUT2D eigenvalue weighted by Crippen LogP contribution is 2.51. The maximum Gasteiger partial charge on any atom is 0.319 e. The van der Waals surface area contributed by atoms with Gasteiger partial charge in [0, 0.05) is 36.8 Å². The van der Waals surface area contributed by atoms with E-state index >= 15 is 4.39 Å². The van der Waals surface area contributed by atoms with Crippen LogP contribution in [0.15, 0.2) is 30.5 Å². The number of nitrogens with zero attached hydrogens (tertiary/aromatic N) is 5. The number of piperidine rings is 2. The molecule has 9 rings (SSSR count). The number of rotatable bonds is 7. The Morgan fingerprint density at radius 2 is 1.96 bits per heavy atom. The third kappa shape index (κ3) is 4.54. The monoisotopic (exact) mass is 615 g/mol. The number of hydrogen-bond donors (Lipinski definition) is 2. The third-order valence-corrected chi connectivity index (χ3v) is 11.0. The maximum absolute atomic E-state index is 16.9. The van der Waals surface area contributed by atoms with Crippen molar-refractivity contribution in [3.8, 4) is 23.0 Å². The molecular weight excluding hydrogens is 576 g/mol. The molecule has 1 saturated carbocycles. The van der Waals surface area contributed by atoms with Crippen LogP contribution in [0.5, 0.6) is 11.8 Å². The molecule has 5 aliphatic rings. The summed E-state index contributed by atoms with van der Waals surface area (Å²) in [6, 6.07) is 6.07. The highest BCUT2D eigenvalue weighted by molar-refractivity contribution is 6.01. The van der Waals surface area contributed by atoms with Gasteiger partial charge in [0.1, 0.15) is 35.2 Å². The third-order valence-electron chi connectivity index (χ3n) is 11.0. The van der Waals surface area contributed by atoms with Crippen LogP contribution in [0.4, 0.5) is 14.6 Å². The first-order chi connectivity index (χ1) is 21.7. The maximum atomic E-state index is 16.9. The van der Waals surface area contributed by atoms with Gasteiger partial charge >= 0.3 is 6.01 Å². The Bertz CT molecular complexity index is 1830. The molecule has 0 radical (unpaired) electrons. The van der Waals surface area contributed by atoms with E-state index in [1.54, 1.807) is 18.3 Å². The molecule has 10 heteroatoms. The van der Waals surface area contributed by atoms with Crippen molar-refractivity contribution in [1.82, 2.24) is 19.9 Å². The molecule has 0 unspecified atom stereocenters. The summed E-state index contributed by atoms with van der Waals surface area (Å²) < 4.78 is 38.2. The summed E-state index contributed by atoms with van der Waals surface area (Å²) in [6.45, 7) is 8.12. The van der Waals surface area contributed by atoms with E-state index in [0.717, 1.165) is 51.7 Å². The van der Waals surface area contributed by atoms with Crippen molar-refractivity contribution >= 4 is 27.5 Å². The largest absolute Gasteiger partial charge is 0.508 e. The number of benzene rings is 2. The molecule has 45 heavy (non-hydrogen) atoms. The number of aromatic hydroxyl groups is 1. The van der Waals surface area contributed by atoms with Crippen molar-refractivity contribution in [2.24, 2.45) is 17.3 Å². The van der Waals surface area contributed by atoms with Crippen LogP contribution in [0.1, 0.15) is 51.5 Å². The minimum absolute atomic E-state index is 0.0159. The van der Waals surface area contributed by atoms with E-state index in [9.17, 15) is 14.6 Å². The molecule has 0 spiro atoms. The van der Waals surface area contributed by atoms with Crippen molar-refractivity contribution < 1.29 is 23.7 Å². The number of pyridine rings is 1. The minimum atomic E-state index is -0.673.